The molecular formula is C35H39ClN4O4. The Labute approximate surface area is 263 Å². The molecule has 8 nitrogen and oxygen atoms in total. The molecule has 4 aromatic rings. The van der Waals surface area contributed by atoms with Gasteiger partial charge in [-0.05, 0) is 82.7 Å². The molecule has 230 valence electrons. The lowest BCUT2D eigenvalue weighted by Gasteiger charge is -2.42. The van der Waals surface area contributed by atoms with Crippen LogP contribution in [0.15, 0.2) is 60.7 Å². The average molecular weight is 615 g/mol. The van der Waals surface area contributed by atoms with E-state index >= 15 is 0 Å². The number of Topliss-reactive ketones (excluding diaryl/α,β-unsaturated/α-hetero) is 1. The SMILES string of the molecule is Cc1c2ccc(-c3ccc(C(=O)C(=O)N[C@H](C)[C@](O)(c4ccc(OC5CC5)c(Cl)c4)N4CCCC4)cc3)cc2nn1C(C)C. The minimum Gasteiger partial charge on any atom is -0.489 e. The van der Waals surface area contributed by atoms with Crippen molar-refractivity contribution in [1.82, 2.24) is 20.0 Å². The summed E-state index contributed by atoms with van der Waals surface area (Å²) in [6.07, 6.45) is 4.07. The molecule has 2 fully saturated rings. The fraction of sp³-hybridized carbons (Fsp3) is 0.400. The second kappa shape index (κ2) is 12.0. The molecule has 2 heterocycles. The summed E-state index contributed by atoms with van der Waals surface area (Å²) in [6.45, 7) is 9.32. The third kappa shape index (κ3) is 5.74. The molecule has 2 N–H and O–H groups in total. The molecule has 0 bridgehead atoms. The van der Waals surface area contributed by atoms with Gasteiger partial charge in [-0.1, -0.05) is 54.1 Å². The summed E-state index contributed by atoms with van der Waals surface area (Å²) in [4.78, 5) is 28.4. The van der Waals surface area contributed by atoms with Crippen molar-refractivity contribution < 1.29 is 19.4 Å². The van der Waals surface area contributed by atoms with Crippen LogP contribution in [0.3, 0.4) is 0 Å². The molecule has 0 radical (unpaired) electrons. The Kier molecular flexibility index (Phi) is 8.26. The number of aryl methyl sites for hydroxylation is 1. The molecule has 1 aliphatic heterocycles. The van der Waals surface area contributed by atoms with Crippen LogP contribution in [0.5, 0.6) is 5.75 Å². The van der Waals surface area contributed by atoms with Gasteiger partial charge in [-0.2, -0.15) is 5.10 Å². The fourth-order valence-corrected chi connectivity index (χ4v) is 6.41. The van der Waals surface area contributed by atoms with Crippen LogP contribution in [0, 0.1) is 6.92 Å². The van der Waals surface area contributed by atoms with Gasteiger partial charge in [-0.25, -0.2) is 0 Å². The van der Waals surface area contributed by atoms with E-state index in [0.717, 1.165) is 53.4 Å². The van der Waals surface area contributed by atoms with Crippen LogP contribution in [-0.2, 0) is 10.5 Å². The minimum atomic E-state index is -1.56. The monoisotopic (exact) mass is 614 g/mol. The first-order chi connectivity index (χ1) is 21.1. The van der Waals surface area contributed by atoms with Gasteiger partial charge in [0.15, 0.2) is 5.72 Å². The molecular weight excluding hydrogens is 576 g/mol. The number of rotatable bonds is 10. The third-order valence-electron chi connectivity index (χ3n) is 8.84. The predicted octanol–water partition coefficient (Wildman–Crippen LogP) is 6.42. The molecule has 1 saturated carbocycles. The summed E-state index contributed by atoms with van der Waals surface area (Å²) in [5, 5.41) is 21.2. The van der Waals surface area contributed by atoms with Gasteiger partial charge in [-0.15, -0.1) is 0 Å². The summed E-state index contributed by atoms with van der Waals surface area (Å²) in [5.74, 6) is -0.865. The maximum Gasteiger partial charge on any atom is 0.292 e. The molecule has 2 aliphatic rings. The predicted molar refractivity (Wildman–Crippen MR) is 172 cm³/mol. The maximum atomic E-state index is 13.2. The highest BCUT2D eigenvalue weighted by molar-refractivity contribution is 6.42. The highest BCUT2D eigenvalue weighted by Crippen LogP contribution is 2.38. The van der Waals surface area contributed by atoms with Crippen molar-refractivity contribution >= 4 is 34.2 Å². The van der Waals surface area contributed by atoms with E-state index in [0.29, 0.717) is 29.4 Å². The maximum absolute atomic E-state index is 13.2. The smallest absolute Gasteiger partial charge is 0.292 e. The van der Waals surface area contributed by atoms with E-state index in [4.69, 9.17) is 21.4 Å². The second-order valence-electron chi connectivity index (χ2n) is 12.3. The molecule has 1 saturated heterocycles. The Morgan fingerprint density at radius 3 is 2.32 bits per heavy atom. The van der Waals surface area contributed by atoms with Gasteiger partial charge >= 0.3 is 0 Å². The number of carbonyl (C=O) groups is 2. The number of likely N-dealkylation sites (tertiary alicyclic amines) is 1. The number of nitrogens with zero attached hydrogens (tertiary/aromatic N) is 3. The van der Waals surface area contributed by atoms with Crippen molar-refractivity contribution in [2.75, 3.05) is 13.1 Å². The normalized spacial score (nSPS) is 17.5. The summed E-state index contributed by atoms with van der Waals surface area (Å²) in [6, 6.07) is 17.9. The number of amides is 1. The van der Waals surface area contributed by atoms with E-state index in [-0.39, 0.29) is 17.7 Å². The zero-order chi connectivity index (χ0) is 31.2. The highest BCUT2D eigenvalue weighted by atomic mass is 35.5. The summed E-state index contributed by atoms with van der Waals surface area (Å²) in [7, 11) is 0. The lowest BCUT2D eigenvalue weighted by Crippen LogP contribution is -2.59. The number of benzene rings is 3. The molecule has 44 heavy (non-hydrogen) atoms. The van der Waals surface area contributed by atoms with E-state index < -0.39 is 23.5 Å². The number of nitrogens with one attached hydrogen (secondary N) is 1. The number of hydrogen-bond donors (Lipinski definition) is 2. The van der Waals surface area contributed by atoms with E-state index in [1.165, 1.54) is 0 Å². The Morgan fingerprint density at radius 1 is 1.00 bits per heavy atom. The zero-order valence-corrected chi connectivity index (χ0v) is 26.4. The number of ketones is 1. The van der Waals surface area contributed by atoms with Crippen molar-refractivity contribution in [2.24, 2.45) is 0 Å². The third-order valence-corrected chi connectivity index (χ3v) is 9.13. The molecule has 6 rings (SSSR count). The van der Waals surface area contributed by atoms with Crippen LogP contribution in [0.4, 0.5) is 0 Å². The topological polar surface area (TPSA) is 96.7 Å². The Morgan fingerprint density at radius 2 is 1.68 bits per heavy atom. The highest BCUT2D eigenvalue weighted by Gasteiger charge is 2.44. The van der Waals surface area contributed by atoms with Gasteiger partial charge in [0.1, 0.15) is 5.75 Å². The zero-order valence-electron chi connectivity index (χ0n) is 25.6. The van der Waals surface area contributed by atoms with Crippen LogP contribution in [0.25, 0.3) is 22.0 Å². The molecule has 2 atom stereocenters. The van der Waals surface area contributed by atoms with Crippen molar-refractivity contribution in [2.45, 2.75) is 77.3 Å². The lowest BCUT2D eigenvalue weighted by atomic mass is 9.93. The molecule has 3 aromatic carbocycles. The minimum absolute atomic E-state index is 0.191. The van der Waals surface area contributed by atoms with E-state index in [9.17, 15) is 14.7 Å². The quantitative estimate of drug-likeness (QED) is 0.158. The Balaban J connectivity index is 1.19. The lowest BCUT2D eigenvalue weighted by molar-refractivity contribution is -0.139. The van der Waals surface area contributed by atoms with Gasteiger partial charge in [0.2, 0.25) is 5.78 Å². The van der Waals surface area contributed by atoms with Gasteiger partial charge in [0.05, 0.1) is 22.7 Å². The van der Waals surface area contributed by atoms with Gasteiger partial charge in [-0.3, -0.25) is 19.2 Å². The number of fused-ring (bicyclic) bond motifs is 1. The molecule has 0 unspecified atom stereocenters. The van der Waals surface area contributed by atoms with E-state index in [1.807, 2.05) is 33.8 Å². The van der Waals surface area contributed by atoms with Gasteiger partial charge in [0.25, 0.3) is 5.91 Å². The van der Waals surface area contributed by atoms with E-state index in [2.05, 4.69) is 32.2 Å². The van der Waals surface area contributed by atoms with Crippen molar-refractivity contribution in [3.05, 3.63) is 82.5 Å². The van der Waals surface area contributed by atoms with Crippen molar-refractivity contribution in [3.63, 3.8) is 0 Å². The molecule has 0 spiro atoms. The first-order valence-electron chi connectivity index (χ1n) is 15.4. The summed E-state index contributed by atoms with van der Waals surface area (Å²) >= 11 is 6.56. The number of halogens is 1. The second-order valence-corrected chi connectivity index (χ2v) is 12.7. The standard InChI is InChI=1S/C35H39ClN4O4/c1-21(2)40-22(3)29-15-11-26(19-31(29)38-40)24-7-9-25(10-8-24)33(41)34(42)37-23(4)35(43,39-17-5-6-18-39)27-12-16-32(30(36)20-27)44-28-13-14-28/h7-12,15-16,19-21,23,28,43H,5-6,13-14,17-18H2,1-4H3,(H,37,42)/t23-,35+/m1/s1. The van der Waals surface area contributed by atoms with Crippen molar-refractivity contribution in [1.29, 1.82) is 0 Å². The number of ether oxygens (including phenoxy) is 1. The molecule has 1 aromatic heterocycles. The number of hydrogen-bond acceptors (Lipinski definition) is 6. The van der Waals surface area contributed by atoms with Crippen LogP contribution >= 0.6 is 11.6 Å². The molecule has 1 amide bonds. The average Bonchev–Trinajstić information content (AvgIpc) is 3.52. The Hall–Kier alpha value is -3.72. The van der Waals surface area contributed by atoms with Crippen molar-refractivity contribution in [3.8, 4) is 16.9 Å². The van der Waals surface area contributed by atoms with Crippen LogP contribution in [0.2, 0.25) is 5.02 Å². The number of aromatic nitrogens is 2. The molecule has 1 aliphatic carbocycles. The van der Waals surface area contributed by atoms with Gasteiger partial charge < -0.3 is 15.2 Å². The van der Waals surface area contributed by atoms with Crippen LogP contribution in [-0.4, -0.2) is 56.7 Å². The first kappa shape index (κ1) is 30.3. The first-order valence-corrected chi connectivity index (χ1v) is 15.8. The number of aliphatic hydroxyl groups is 1. The fourth-order valence-electron chi connectivity index (χ4n) is 6.18. The van der Waals surface area contributed by atoms with E-state index in [1.54, 1.807) is 37.3 Å². The van der Waals surface area contributed by atoms with Crippen LogP contribution < -0.4 is 10.1 Å². The molecule has 9 heteroatoms. The largest absolute Gasteiger partial charge is 0.489 e. The van der Waals surface area contributed by atoms with Gasteiger partial charge in [0, 0.05) is 41.3 Å². The van der Waals surface area contributed by atoms with Crippen LogP contribution in [0.1, 0.15) is 74.1 Å². The summed E-state index contributed by atoms with van der Waals surface area (Å²) < 4.78 is 7.90. The number of carbonyl (C=O) groups excluding carboxylic acids is 2. The Bertz CT molecular complexity index is 1710. The summed E-state index contributed by atoms with van der Waals surface area (Å²) in [5.41, 5.74) is 3.20.